The van der Waals surface area contributed by atoms with E-state index in [0.29, 0.717) is 22.7 Å². The Bertz CT molecular complexity index is 1000. The van der Waals surface area contributed by atoms with Gasteiger partial charge in [0.25, 0.3) is 0 Å². The van der Waals surface area contributed by atoms with Gasteiger partial charge in [0, 0.05) is 23.7 Å². The first-order valence-corrected chi connectivity index (χ1v) is 9.30. The van der Waals surface area contributed by atoms with Crippen LogP contribution >= 0.6 is 0 Å². The zero-order chi connectivity index (χ0) is 19.0. The van der Waals surface area contributed by atoms with Gasteiger partial charge in [0.2, 0.25) is 0 Å². The summed E-state index contributed by atoms with van der Waals surface area (Å²) in [4.78, 5) is 2.38. The first kappa shape index (κ1) is 17.5. The molecule has 0 atom stereocenters. The number of phenolic OH excluding ortho intramolecular Hbond substituents is 1. The molecule has 138 valence electrons. The number of aryl methyl sites for hydroxylation is 1. The lowest BCUT2D eigenvalue weighted by Crippen LogP contribution is -2.31. The van der Waals surface area contributed by atoms with E-state index in [1.807, 2.05) is 13.0 Å². The number of aromatic nitrogens is 3. The van der Waals surface area contributed by atoms with Crippen molar-refractivity contribution in [3.63, 3.8) is 0 Å². The number of benzene rings is 1. The van der Waals surface area contributed by atoms with Gasteiger partial charge in [0.05, 0.1) is 17.3 Å². The van der Waals surface area contributed by atoms with Crippen molar-refractivity contribution in [3.8, 4) is 23.1 Å². The van der Waals surface area contributed by atoms with Gasteiger partial charge in [-0.3, -0.25) is 0 Å². The van der Waals surface area contributed by atoms with E-state index in [-0.39, 0.29) is 5.75 Å². The van der Waals surface area contributed by atoms with Crippen molar-refractivity contribution >= 4 is 11.0 Å². The molecular formula is C21H23N5O. The summed E-state index contributed by atoms with van der Waals surface area (Å²) in [7, 11) is 2.18. The molecule has 1 aliphatic rings. The first-order valence-electron chi connectivity index (χ1n) is 9.30. The minimum atomic E-state index is 0.0611. The Balaban J connectivity index is 1.64. The number of piperidine rings is 1. The Labute approximate surface area is 158 Å². The third-order valence-electron chi connectivity index (χ3n) is 5.50. The topological polar surface area (TPSA) is 78.0 Å². The fourth-order valence-electron chi connectivity index (χ4n) is 3.95. The zero-order valence-electron chi connectivity index (χ0n) is 15.7. The van der Waals surface area contributed by atoms with Crippen LogP contribution in [0.1, 0.15) is 24.0 Å². The molecule has 1 saturated heterocycles. The van der Waals surface area contributed by atoms with Crippen molar-refractivity contribution in [3.05, 3.63) is 41.6 Å². The molecule has 27 heavy (non-hydrogen) atoms. The number of nitrogens with zero attached hydrogens (tertiary/aromatic N) is 5. The van der Waals surface area contributed by atoms with Crippen LogP contribution in [0.2, 0.25) is 0 Å². The molecule has 2 aromatic heterocycles. The normalized spacial score (nSPS) is 15.9. The van der Waals surface area contributed by atoms with Crippen molar-refractivity contribution in [1.82, 2.24) is 19.7 Å². The minimum absolute atomic E-state index is 0.0611. The molecule has 0 amide bonds. The zero-order valence-corrected chi connectivity index (χ0v) is 15.7. The number of hydrogen-bond acceptors (Lipinski definition) is 5. The summed E-state index contributed by atoms with van der Waals surface area (Å²) in [5.74, 6) is 0.731. The van der Waals surface area contributed by atoms with Gasteiger partial charge < -0.3 is 14.6 Å². The molecule has 0 saturated carbocycles. The van der Waals surface area contributed by atoms with Crippen LogP contribution in [0, 0.1) is 24.2 Å². The van der Waals surface area contributed by atoms with E-state index in [9.17, 15) is 5.11 Å². The van der Waals surface area contributed by atoms with Gasteiger partial charge >= 0.3 is 0 Å². The van der Waals surface area contributed by atoms with Crippen LogP contribution in [0.15, 0.2) is 30.5 Å². The van der Waals surface area contributed by atoms with Crippen LogP contribution in [-0.2, 0) is 6.54 Å². The van der Waals surface area contributed by atoms with Crippen LogP contribution < -0.4 is 0 Å². The number of aromatic hydroxyl groups is 1. The van der Waals surface area contributed by atoms with Crippen molar-refractivity contribution in [2.24, 2.45) is 5.92 Å². The monoisotopic (exact) mass is 361 g/mol. The highest BCUT2D eigenvalue weighted by atomic mass is 16.3. The molecule has 1 fully saturated rings. The summed E-state index contributed by atoms with van der Waals surface area (Å²) in [5.41, 5.74) is 3.38. The second kappa shape index (κ2) is 7.01. The maximum Gasteiger partial charge on any atom is 0.162 e. The highest BCUT2D eigenvalue weighted by molar-refractivity contribution is 5.82. The average Bonchev–Trinajstić information content (AvgIpc) is 3.05. The van der Waals surface area contributed by atoms with Gasteiger partial charge in [0.15, 0.2) is 5.65 Å². The van der Waals surface area contributed by atoms with Crippen LogP contribution in [0.25, 0.3) is 22.3 Å². The maximum absolute atomic E-state index is 10.3. The molecule has 6 nitrogen and oxygen atoms in total. The summed E-state index contributed by atoms with van der Waals surface area (Å²) >= 11 is 0. The van der Waals surface area contributed by atoms with Gasteiger partial charge in [-0.1, -0.05) is 0 Å². The second-order valence-electron chi connectivity index (χ2n) is 7.52. The molecule has 0 unspecified atom stereocenters. The van der Waals surface area contributed by atoms with E-state index in [4.69, 9.17) is 5.26 Å². The number of phenols is 1. The summed E-state index contributed by atoms with van der Waals surface area (Å²) < 4.78 is 2.19. The van der Waals surface area contributed by atoms with Crippen LogP contribution in [-0.4, -0.2) is 44.9 Å². The molecule has 6 heteroatoms. The molecule has 3 aromatic rings. The van der Waals surface area contributed by atoms with Crippen molar-refractivity contribution in [2.45, 2.75) is 26.3 Å². The molecule has 4 rings (SSSR count). The first-order chi connectivity index (χ1) is 13.0. The highest BCUT2D eigenvalue weighted by Gasteiger charge is 2.19. The highest BCUT2D eigenvalue weighted by Crippen LogP contribution is 2.33. The predicted molar refractivity (Wildman–Crippen MR) is 104 cm³/mol. The molecule has 0 aliphatic carbocycles. The van der Waals surface area contributed by atoms with E-state index in [0.717, 1.165) is 36.2 Å². The number of hydrogen-bond donors (Lipinski definition) is 1. The fourth-order valence-corrected chi connectivity index (χ4v) is 3.95. The maximum atomic E-state index is 10.3. The van der Waals surface area contributed by atoms with Crippen molar-refractivity contribution in [2.75, 3.05) is 20.1 Å². The molecular weight excluding hydrogens is 338 g/mol. The van der Waals surface area contributed by atoms with Crippen molar-refractivity contribution < 1.29 is 5.11 Å². The van der Waals surface area contributed by atoms with Gasteiger partial charge in [-0.15, -0.1) is 10.2 Å². The van der Waals surface area contributed by atoms with E-state index < -0.39 is 0 Å². The SMILES string of the molecule is Cc1cc(C#N)cc(O)c1-c1cc2ccn(CC3CCN(C)CC3)c2nn1. The summed E-state index contributed by atoms with van der Waals surface area (Å²) in [6.45, 7) is 5.13. The lowest BCUT2D eigenvalue weighted by Gasteiger charge is -2.29. The minimum Gasteiger partial charge on any atom is -0.507 e. The lowest BCUT2D eigenvalue weighted by atomic mass is 9.97. The van der Waals surface area contributed by atoms with Crippen LogP contribution in [0.3, 0.4) is 0 Å². The van der Waals surface area contributed by atoms with E-state index >= 15 is 0 Å². The Hall–Kier alpha value is -2.91. The van der Waals surface area contributed by atoms with Crippen LogP contribution in [0.4, 0.5) is 0 Å². The van der Waals surface area contributed by atoms with E-state index in [2.05, 4.69) is 45.0 Å². The Morgan fingerprint density at radius 2 is 2.00 bits per heavy atom. The quantitative estimate of drug-likeness (QED) is 0.774. The Morgan fingerprint density at radius 3 is 2.70 bits per heavy atom. The van der Waals surface area contributed by atoms with Gasteiger partial charge in [-0.2, -0.15) is 5.26 Å². The molecule has 3 heterocycles. The number of fused-ring (bicyclic) bond motifs is 1. The number of nitriles is 1. The van der Waals surface area contributed by atoms with E-state index in [1.165, 1.54) is 18.9 Å². The molecule has 0 bridgehead atoms. The lowest BCUT2D eigenvalue weighted by molar-refractivity contribution is 0.206. The largest absolute Gasteiger partial charge is 0.507 e. The standard InChI is InChI=1S/C21H23N5O/c1-14-9-16(12-22)10-19(27)20(14)18-11-17-5-8-26(21(17)24-23-18)13-15-3-6-25(2)7-4-15/h5,8-11,15,27H,3-4,6-7,13H2,1-2H3. The molecule has 0 radical (unpaired) electrons. The second-order valence-corrected chi connectivity index (χ2v) is 7.52. The third-order valence-corrected chi connectivity index (χ3v) is 5.50. The Kier molecular flexibility index (Phi) is 4.54. The smallest absolute Gasteiger partial charge is 0.162 e. The molecule has 1 aliphatic heterocycles. The number of likely N-dealkylation sites (tertiary alicyclic amines) is 1. The summed E-state index contributed by atoms with van der Waals surface area (Å²) in [6.07, 6.45) is 4.49. The number of rotatable bonds is 3. The van der Waals surface area contributed by atoms with Gasteiger partial charge in [-0.05, 0) is 75.6 Å². The summed E-state index contributed by atoms with van der Waals surface area (Å²) in [5, 5.41) is 29.2. The average molecular weight is 361 g/mol. The molecule has 0 spiro atoms. The van der Waals surface area contributed by atoms with Crippen LogP contribution in [0.5, 0.6) is 5.75 Å². The predicted octanol–water partition coefficient (Wildman–Crippen LogP) is 3.33. The van der Waals surface area contributed by atoms with E-state index in [1.54, 1.807) is 6.07 Å². The fraction of sp³-hybridized carbons (Fsp3) is 0.381. The molecule has 1 N–H and O–H groups in total. The third kappa shape index (κ3) is 3.38. The van der Waals surface area contributed by atoms with Gasteiger partial charge in [-0.25, -0.2) is 0 Å². The van der Waals surface area contributed by atoms with Gasteiger partial charge in [0.1, 0.15) is 5.75 Å². The molecule has 1 aromatic carbocycles. The summed E-state index contributed by atoms with van der Waals surface area (Å²) in [6, 6.07) is 9.30. The Morgan fingerprint density at radius 1 is 1.22 bits per heavy atom. The van der Waals surface area contributed by atoms with Crippen molar-refractivity contribution in [1.29, 1.82) is 5.26 Å².